The number of hydrogen-bond acceptors (Lipinski definition) is 4. The number of nitrogens with one attached hydrogen (secondary N) is 1. The van der Waals surface area contributed by atoms with E-state index in [1.165, 1.54) is 17.0 Å². The Bertz CT molecular complexity index is 1670. The van der Waals surface area contributed by atoms with E-state index in [0.29, 0.717) is 10.2 Å². The second-order valence-electron chi connectivity index (χ2n) is 10.5. The molecule has 0 aromatic heterocycles. The number of nitrogens with zero attached hydrogens (tertiary/aromatic N) is 2. The van der Waals surface area contributed by atoms with Crippen molar-refractivity contribution in [2.45, 2.75) is 50.2 Å². The fourth-order valence-corrected chi connectivity index (χ4v) is 6.97. The van der Waals surface area contributed by atoms with Crippen molar-refractivity contribution >= 4 is 59.4 Å². The van der Waals surface area contributed by atoms with Crippen molar-refractivity contribution in [3.63, 3.8) is 0 Å². The molecule has 0 aliphatic rings. The Morgan fingerprint density at radius 3 is 2.00 bits per heavy atom. The van der Waals surface area contributed by atoms with E-state index < -0.39 is 28.5 Å². The lowest BCUT2D eigenvalue weighted by atomic mass is 10.0. The number of benzene rings is 4. The van der Waals surface area contributed by atoms with Gasteiger partial charge in [-0.1, -0.05) is 106 Å². The summed E-state index contributed by atoms with van der Waals surface area (Å²) >= 11 is 6.94. The van der Waals surface area contributed by atoms with Crippen molar-refractivity contribution in [1.29, 1.82) is 0 Å². The average Bonchev–Trinajstić information content (AvgIpc) is 3.02. The maximum atomic E-state index is 14.5. The second kappa shape index (κ2) is 15.5. The fraction of sp³-hybridized carbons (Fsp3) is 0.235. The van der Waals surface area contributed by atoms with Crippen molar-refractivity contribution in [3.8, 4) is 0 Å². The van der Waals surface area contributed by atoms with Gasteiger partial charge >= 0.3 is 0 Å². The molecule has 44 heavy (non-hydrogen) atoms. The number of hydrogen-bond donors (Lipinski definition) is 1. The van der Waals surface area contributed by atoms with Crippen molar-refractivity contribution in [2.24, 2.45) is 0 Å². The number of sulfonamides is 1. The zero-order valence-corrected chi connectivity index (χ0v) is 28.6. The van der Waals surface area contributed by atoms with Gasteiger partial charge in [0.15, 0.2) is 0 Å². The van der Waals surface area contributed by atoms with E-state index in [2.05, 4.69) is 37.2 Å². The molecule has 4 aromatic carbocycles. The SMILES string of the molecule is CCC(C)NC(=O)C(Cc1ccccc1)N(Cc1cccc(Br)c1)C(=O)CN(c1cccc(Br)c1)S(=O)(=O)c1ccccc1. The van der Waals surface area contributed by atoms with Gasteiger partial charge in [0, 0.05) is 28.0 Å². The summed E-state index contributed by atoms with van der Waals surface area (Å²) in [6.45, 7) is 3.48. The number of carbonyl (C=O) groups excluding carboxylic acids is 2. The third-order valence-electron chi connectivity index (χ3n) is 7.22. The molecule has 0 radical (unpaired) electrons. The van der Waals surface area contributed by atoms with E-state index in [-0.39, 0.29) is 29.8 Å². The average molecular weight is 742 g/mol. The third-order valence-corrected chi connectivity index (χ3v) is 9.99. The highest BCUT2D eigenvalue weighted by Gasteiger charge is 2.35. The summed E-state index contributed by atoms with van der Waals surface area (Å²) in [6, 6.07) is 30.8. The van der Waals surface area contributed by atoms with Crippen LogP contribution in [0.5, 0.6) is 0 Å². The Hall–Kier alpha value is -3.47. The summed E-state index contributed by atoms with van der Waals surface area (Å²) in [5.41, 5.74) is 1.99. The highest BCUT2D eigenvalue weighted by molar-refractivity contribution is 9.10. The summed E-state index contributed by atoms with van der Waals surface area (Å²) < 4.78 is 30.7. The molecule has 2 unspecified atom stereocenters. The van der Waals surface area contributed by atoms with Gasteiger partial charge in [-0.15, -0.1) is 0 Å². The maximum Gasteiger partial charge on any atom is 0.264 e. The zero-order valence-electron chi connectivity index (χ0n) is 24.6. The van der Waals surface area contributed by atoms with E-state index in [1.807, 2.05) is 68.4 Å². The topological polar surface area (TPSA) is 86.8 Å². The van der Waals surface area contributed by atoms with Gasteiger partial charge < -0.3 is 10.2 Å². The number of anilines is 1. The molecular formula is C34H35Br2N3O4S. The van der Waals surface area contributed by atoms with Crippen LogP contribution in [0.3, 0.4) is 0 Å². The largest absolute Gasteiger partial charge is 0.352 e. The summed E-state index contributed by atoms with van der Waals surface area (Å²) in [5.74, 6) is -0.809. The minimum Gasteiger partial charge on any atom is -0.352 e. The monoisotopic (exact) mass is 739 g/mol. The summed E-state index contributed by atoms with van der Waals surface area (Å²) in [7, 11) is -4.15. The van der Waals surface area contributed by atoms with Crippen LogP contribution < -0.4 is 9.62 Å². The Kier molecular flexibility index (Phi) is 11.8. The van der Waals surface area contributed by atoms with Crippen molar-refractivity contribution in [3.05, 3.63) is 129 Å². The number of rotatable bonds is 13. The first-order chi connectivity index (χ1) is 21.1. The Morgan fingerprint density at radius 2 is 1.39 bits per heavy atom. The normalized spacial score (nSPS) is 12.6. The molecule has 0 aliphatic heterocycles. The van der Waals surface area contributed by atoms with Gasteiger partial charge in [0.05, 0.1) is 10.6 Å². The lowest BCUT2D eigenvalue weighted by molar-refractivity contribution is -0.140. The Labute approximate surface area is 276 Å². The minimum absolute atomic E-state index is 0.0571. The molecule has 1 N–H and O–H groups in total. The molecule has 0 aliphatic carbocycles. The minimum atomic E-state index is -4.15. The van der Waals surface area contributed by atoms with E-state index in [0.717, 1.165) is 26.3 Å². The third kappa shape index (κ3) is 8.80. The highest BCUT2D eigenvalue weighted by atomic mass is 79.9. The molecule has 0 saturated heterocycles. The lowest BCUT2D eigenvalue weighted by Crippen LogP contribution is -2.54. The van der Waals surface area contributed by atoms with Crippen molar-refractivity contribution in [2.75, 3.05) is 10.8 Å². The van der Waals surface area contributed by atoms with Gasteiger partial charge in [-0.3, -0.25) is 13.9 Å². The number of carbonyl (C=O) groups is 2. The van der Waals surface area contributed by atoms with Gasteiger partial charge in [0.25, 0.3) is 10.0 Å². The van der Waals surface area contributed by atoms with Crippen LogP contribution in [-0.2, 0) is 32.6 Å². The predicted molar refractivity (Wildman–Crippen MR) is 182 cm³/mol. The van der Waals surface area contributed by atoms with Gasteiger partial charge in [-0.2, -0.15) is 0 Å². The summed E-state index contributed by atoms with van der Waals surface area (Å²) in [6.07, 6.45) is 0.973. The van der Waals surface area contributed by atoms with Crippen LogP contribution in [0.2, 0.25) is 0 Å². The number of amides is 2. The molecule has 0 saturated carbocycles. The molecule has 0 heterocycles. The first kappa shape index (κ1) is 33.4. The molecule has 0 fully saturated rings. The van der Waals surface area contributed by atoms with Gasteiger partial charge in [0.2, 0.25) is 11.8 Å². The predicted octanol–water partition coefficient (Wildman–Crippen LogP) is 6.96. The molecule has 7 nitrogen and oxygen atoms in total. The first-order valence-corrected chi connectivity index (χ1v) is 17.3. The maximum absolute atomic E-state index is 14.5. The zero-order chi connectivity index (χ0) is 31.7. The van der Waals surface area contributed by atoms with Crippen LogP contribution >= 0.6 is 31.9 Å². The molecule has 230 valence electrons. The number of halogens is 2. The van der Waals surface area contributed by atoms with Crippen LogP contribution in [0.15, 0.2) is 123 Å². The Morgan fingerprint density at radius 1 is 0.795 bits per heavy atom. The van der Waals surface area contributed by atoms with Crippen molar-refractivity contribution in [1.82, 2.24) is 10.2 Å². The highest BCUT2D eigenvalue weighted by Crippen LogP contribution is 2.27. The van der Waals surface area contributed by atoms with Crippen LogP contribution in [0.1, 0.15) is 31.4 Å². The van der Waals surface area contributed by atoms with Gasteiger partial charge in [-0.05, 0) is 66.9 Å². The van der Waals surface area contributed by atoms with E-state index in [4.69, 9.17) is 0 Å². The molecule has 10 heteroatoms. The van der Waals surface area contributed by atoms with Gasteiger partial charge in [-0.25, -0.2) is 8.42 Å². The first-order valence-electron chi connectivity index (χ1n) is 14.3. The molecule has 4 aromatic rings. The molecule has 2 amide bonds. The quantitative estimate of drug-likeness (QED) is 0.161. The molecular weight excluding hydrogens is 706 g/mol. The molecule has 4 rings (SSSR count). The summed E-state index contributed by atoms with van der Waals surface area (Å²) in [5, 5.41) is 3.05. The lowest BCUT2D eigenvalue weighted by Gasteiger charge is -2.34. The van der Waals surface area contributed by atoms with E-state index in [1.54, 1.807) is 42.5 Å². The van der Waals surface area contributed by atoms with Crippen LogP contribution in [0, 0.1) is 0 Å². The molecule has 0 bridgehead atoms. The molecule has 0 spiro atoms. The van der Waals surface area contributed by atoms with E-state index in [9.17, 15) is 18.0 Å². The molecule has 2 atom stereocenters. The van der Waals surface area contributed by atoms with Crippen LogP contribution in [0.4, 0.5) is 5.69 Å². The van der Waals surface area contributed by atoms with Crippen LogP contribution in [-0.4, -0.2) is 43.8 Å². The van der Waals surface area contributed by atoms with Crippen molar-refractivity contribution < 1.29 is 18.0 Å². The summed E-state index contributed by atoms with van der Waals surface area (Å²) in [4.78, 5) is 29.9. The van der Waals surface area contributed by atoms with E-state index >= 15 is 0 Å². The standard InChI is InChI=1S/C34H35Br2N3O4S/c1-3-25(2)37-34(41)32(21-26-12-6-4-7-13-26)38(23-27-14-10-15-28(35)20-27)33(40)24-39(30-17-11-16-29(36)22-30)44(42,43)31-18-8-5-9-19-31/h4-20,22,25,32H,3,21,23-24H2,1-2H3,(H,37,41). The Balaban J connectivity index is 1.80. The fourth-order valence-electron chi connectivity index (χ4n) is 4.71. The van der Waals surface area contributed by atoms with Gasteiger partial charge in [0.1, 0.15) is 12.6 Å². The second-order valence-corrected chi connectivity index (χ2v) is 14.2. The smallest absolute Gasteiger partial charge is 0.264 e. The van der Waals surface area contributed by atoms with Crippen LogP contribution in [0.25, 0.3) is 0 Å².